The van der Waals surface area contributed by atoms with E-state index in [0.29, 0.717) is 5.69 Å². The normalized spacial score (nSPS) is 10.2. The zero-order valence-corrected chi connectivity index (χ0v) is 9.29. The van der Waals surface area contributed by atoms with Gasteiger partial charge in [-0.05, 0) is 12.1 Å². The van der Waals surface area contributed by atoms with E-state index in [9.17, 15) is 13.6 Å². The molecule has 0 heterocycles. The van der Waals surface area contributed by atoms with Gasteiger partial charge in [0, 0.05) is 7.05 Å². The van der Waals surface area contributed by atoms with Gasteiger partial charge in [-0.15, -0.1) is 0 Å². The number of carbonyl (C=O) groups is 1. The predicted molar refractivity (Wildman–Crippen MR) is 58.4 cm³/mol. The largest absolute Gasteiger partial charge is 0.465 e. The first-order valence-corrected chi connectivity index (χ1v) is 4.64. The SMILES string of the molecule is CNc1cc(C(=O)OC)cc(OC(F)F)c1N. The van der Waals surface area contributed by atoms with Crippen LogP contribution in [0.3, 0.4) is 0 Å². The standard InChI is InChI=1S/C10H12F2N2O3/c1-14-6-3-5(9(15)16-2)4-7(8(6)13)17-10(11)12/h3-4,10,14H,13H2,1-2H3. The minimum Gasteiger partial charge on any atom is -0.465 e. The molecule has 7 heteroatoms. The van der Waals surface area contributed by atoms with Crippen LogP contribution in [0, 0.1) is 0 Å². The number of hydrogen-bond donors (Lipinski definition) is 2. The van der Waals surface area contributed by atoms with E-state index in [1.165, 1.54) is 13.2 Å². The highest BCUT2D eigenvalue weighted by molar-refractivity contribution is 5.93. The van der Waals surface area contributed by atoms with Gasteiger partial charge in [-0.2, -0.15) is 8.78 Å². The number of carbonyl (C=O) groups excluding carboxylic acids is 1. The van der Waals surface area contributed by atoms with Gasteiger partial charge in [0.1, 0.15) is 0 Å². The van der Waals surface area contributed by atoms with Crippen LogP contribution in [-0.2, 0) is 4.74 Å². The quantitative estimate of drug-likeness (QED) is 0.624. The molecule has 0 atom stereocenters. The number of nitrogen functional groups attached to an aromatic ring is 1. The third-order valence-electron chi connectivity index (χ3n) is 2.05. The summed E-state index contributed by atoms with van der Waals surface area (Å²) in [5.74, 6) is -0.937. The molecule has 1 rings (SSSR count). The van der Waals surface area contributed by atoms with E-state index in [2.05, 4.69) is 14.8 Å². The Hall–Kier alpha value is -2.05. The third-order valence-corrected chi connectivity index (χ3v) is 2.05. The number of benzene rings is 1. The number of halogens is 2. The summed E-state index contributed by atoms with van der Waals surface area (Å²) in [4.78, 5) is 11.3. The number of ether oxygens (including phenoxy) is 2. The Morgan fingerprint density at radius 3 is 2.59 bits per heavy atom. The van der Waals surface area contributed by atoms with E-state index in [0.717, 1.165) is 6.07 Å². The number of alkyl halides is 2. The van der Waals surface area contributed by atoms with Gasteiger partial charge >= 0.3 is 12.6 Å². The van der Waals surface area contributed by atoms with Gasteiger partial charge in [-0.3, -0.25) is 0 Å². The lowest BCUT2D eigenvalue weighted by molar-refractivity contribution is -0.0493. The van der Waals surface area contributed by atoms with Gasteiger partial charge in [-0.25, -0.2) is 4.79 Å². The monoisotopic (exact) mass is 246 g/mol. The molecule has 3 N–H and O–H groups in total. The lowest BCUT2D eigenvalue weighted by atomic mass is 10.1. The van der Waals surface area contributed by atoms with Gasteiger partial charge in [0.05, 0.1) is 24.0 Å². The number of nitrogens with one attached hydrogen (secondary N) is 1. The molecule has 0 fully saturated rings. The average Bonchev–Trinajstić information content (AvgIpc) is 2.30. The van der Waals surface area contributed by atoms with Gasteiger partial charge in [-0.1, -0.05) is 0 Å². The van der Waals surface area contributed by atoms with Crippen molar-refractivity contribution in [1.29, 1.82) is 0 Å². The maximum absolute atomic E-state index is 12.1. The van der Waals surface area contributed by atoms with Crippen molar-refractivity contribution in [3.8, 4) is 5.75 Å². The number of anilines is 2. The third kappa shape index (κ3) is 2.96. The highest BCUT2D eigenvalue weighted by Crippen LogP contribution is 2.32. The first kappa shape index (κ1) is 13.0. The molecule has 0 aliphatic rings. The lowest BCUT2D eigenvalue weighted by Crippen LogP contribution is -2.09. The van der Waals surface area contributed by atoms with Crippen molar-refractivity contribution in [2.24, 2.45) is 0 Å². The Morgan fingerprint density at radius 1 is 1.47 bits per heavy atom. The molecule has 5 nitrogen and oxygen atoms in total. The van der Waals surface area contributed by atoms with Gasteiger partial charge < -0.3 is 20.5 Å². The fourth-order valence-corrected chi connectivity index (χ4v) is 1.26. The molecule has 0 saturated heterocycles. The van der Waals surface area contributed by atoms with Crippen LogP contribution >= 0.6 is 0 Å². The molecule has 94 valence electrons. The summed E-state index contributed by atoms with van der Waals surface area (Å²) in [5.41, 5.74) is 5.96. The molecule has 0 radical (unpaired) electrons. The van der Waals surface area contributed by atoms with Crippen molar-refractivity contribution in [1.82, 2.24) is 0 Å². The van der Waals surface area contributed by atoms with Crippen molar-refractivity contribution in [2.45, 2.75) is 6.61 Å². The Labute approximate surface area is 96.5 Å². The topological polar surface area (TPSA) is 73.6 Å². The van der Waals surface area contributed by atoms with Crippen molar-refractivity contribution < 1.29 is 23.0 Å². The maximum Gasteiger partial charge on any atom is 0.387 e. The molecule has 0 saturated carbocycles. The predicted octanol–water partition coefficient (Wildman–Crippen LogP) is 1.70. The van der Waals surface area contributed by atoms with Crippen LogP contribution in [0.4, 0.5) is 20.2 Å². The fraction of sp³-hybridized carbons (Fsp3) is 0.300. The average molecular weight is 246 g/mol. The van der Waals surface area contributed by atoms with E-state index in [1.807, 2.05) is 0 Å². The minimum atomic E-state index is -3.02. The van der Waals surface area contributed by atoms with Crippen molar-refractivity contribution in [3.05, 3.63) is 17.7 Å². The number of rotatable bonds is 4. The first-order valence-electron chi connectivity index (χ1n) is 4.64. The summed E-state index contributed by atoms with van der Waals surface area (Å²) in [6.45, 7) is -3.02. The minimum absolute atomic E-state index is 0.000420. The molecule has 0 aliphatic carbocycles. The lowest BCUT2D eigenvalue weighted by Gasteiger charge is -2.13. The zero-order chi connectivity index (χ0) is 13.0. The first-order chi connectivity index (χ1) is 7.99. The summed E-state index contributed by atoms with van der Waals surface area (Å²) >= 11 is 0. The van der Waals surface area contributed by atoms with Crippen LogP contribution in [0.1, 0.15) is 10.4 Å². The van der Waals surface area contributed by atoms with Crippen LogP contribution in [0.15, 0.2) is 12.1 Å². The van der Waals surface area contributed by atoms with Crippen LogP contribution in [0.25, 0.3) is 0 Å². The molecule has 0 aliphatic heterocycles. The molecule has 0 aromatic heterocycles. The second kappa shape index (κ2) is 5.33. The summed E-state index contributed by atoms with van der Waals surface area (Å²) < 4.78 is 33.0. The zero-order valence-electron chi connectivity index (χ0n) is 9.29. The maximum atomic E-state index is 12.1. The molecular formula is C10H12F2N2O3. The van der Waals surface area contributed by atoms with Gasteiger partial charge in [0.2, 0.25) is 0 Å². The van der Waals surface area contributed by atoms with Gasteiger partial charge in [0.15, 0.2) is 5.75 Å². The molecule has 0 unspecified atom stereocenters. The van der Waals surface area contributed by atoms with Crippen molar-refractivity contribution in [3.63, 3.8) is 0 Å². The molecule has 1 aromatic carbocycles. The highest BCUT2D eigenvalue weighted by Gasteiger charge is 2.16. The summed E-state index contributed by atoms with van der Waals surface area (Å²) in [6, 6.07) is 2.49. The number of hydrogen-bond acceptors (Lipinski definition) is 5. The van der Waals surface area contributed by atoms with Crippen molar-refractivity contribution >= 4 is 17.3 Å². The number of nitrogens with two attached hydrogens (primary N) is 1. The second-order valence-corrected chi connectivity index (χ2v) is 3.06. The second-order valence-electron chi connectivity index (χ2n) is 3.06. The van der Waals surface area contributed by atoms with E-state index >= 15 is 0 Å². The summed E-state index contributed by atoms with van der Waals surface area (Å²) in [6.07, 6.45) is 0. The molecule has 0 spiro atoms. The van der Waals surface area contributed by atoms with Crippen LogP contribution in [0.2, 0.25) is 0 Å². The fourth-order valence-electron chi connectivity index (χ4n) is 1.26. The Kier molecular flexibility index (Phi) is 4.08. The van der Waals surface area contributed by atoms with E-state index in [-0.39, 0.29) is 17.0 Å². The van der Waals surface area contributed by atoms with Crippen LogP contribution < -0.4 is 15.8 Å². The molecule has 0 amide bonds. The molecule has 1 aromatic rings. The molecule has 17 heavy (non-hydrogen) atoms. The Balaban J connectivity index is 3.23. The number of methoxy groups -OCH3 is 1. The van der Waals surface area contributed by atoms with E-state index in [1.54, 1.807) is 7.05 Å². The van der Waals surface area contributed by atoms with E-state index in [4.69, 9.17) is 5.73 Å². The number of esters is 1. The van der Waals surface area contributed by atoms with E-state index < -0.39 is 12.6 Å². The molecule has 0 bridgehead atoms. The summed E-state index contributed by atoms with van der Waals surface area (Å²) in [7, 11) is 2.73. The van der Waals surface area contributed by atoms with Crippen LogP contribution in [-0.4, -0.2) is 26.7 Å². The Bertz CT molecular complexity index is 424. The van der Waals surface area contributed by atoms with Crippen LogP contribution in [0.5, 0.6) is 5.75 Å². The smallest absolute Gasteiger partial charge is 0.387 e. The van der Waals surface area contributed by atoms with Gasteiger partial charge in [0.25, 0.3) is 0 Å². The Morgan fingerprint density at radius 2 is 2.12 bits per heavy atom. The highest BCUT2D eigenvalue weighted by atomic mass is 19.3. The van der Waals surface area contributed by atoms with Crippen molar-refractivity contribution in [2.75, 3.05) is 25.2 Å². The molecular weight excluding hydrogens is 234 g/mol. The summed E-state index contributed by atoms with van der Waals surface area (Å²) in [5, 5.41) is 2.67.